The van der Waals surface area contributed by atoms with Gasteiger partial charge in [-0.25, -0.2) is 4.98 Å². The molecule has 0 spiro atoms. The molecule has 5 heteroatoms. The Morgan fingerprint density at radius 1 is 1.15 bits per heavy atom. The summed E-state index contributed by atoms with van der Waals surface area (Å²) in [4.78, 5) is 7.25. The molecule has 0 saturated carbocycles. The van der Waals surface area contributed by atoms with E-state index in [0.717, 1.165) is 47.8 Å². The molecule has 1 saturated heterocycles. The van der Waals surface area contributed by atoms with Gasteiger partial charge in [-0.05, 0) is 56.6 Å². The summed E-state index contributed by atoms with van der Waals surface area (Å²) in [6.07, 6.45) is 2.22. The molecular weight excluding hydrogens is 356 g/mol. The summed E-state index contributed by atoms with van der Waals surface area (Å²) >= 11 is 1.72. The molecule has 1 aliphatic heterocycles. The number of hydrogen-bond donors (Lipinski definition) is 0. The lowest BCUT2D eigenvalue weighted by Crippen LogP contribution is -2.35. The lowest BCUT2D eigenvalue weighted by molar-refractivity contribution is -0.0235. The number of rotatable bonds is 6. The molecular formula is C22H26N2O2S. The minimum Gasteiger partial charge on any atom is -0.494 e. The van der Waals surface area contributed by atoms with E-state index in [1.807, 2.05) is 25.1 Å². The molecule has 1 fully saturated rings. The monoisotopic (exact) mass is 382 g/mol. The third kappa shape index (κ3) is 4.32. The Morgan fingerprint density at radius 3 is 2.74 bits per heavy atom. The molecule has 0 bridgehead atoms. The second-order valence-corrected chi connectivity index (χ2v) is 8.11. The van der Waals surface area contributed by atoms with E-state index >= 15 is 0 Å². The smallest absolute Gasteiger partial charge is 0.135 e. The maximum absolute atomic E-state index is 6.64. The first-order valence-corrected chi connectivity index (χ1v) is 10.5. The number of piperidine rings is 1. The van der Waals surface area contributed by atoms with Crippen molar-refractivity contribution in [1.82, 2.24) is 9.88 Å². The average Bonchev–Trinajstić information content (AvgIpc) is 3.12. The largest absolute Gasteiger partial charge is 0.494 e. The SMILES string of the molecule is CCOc1cccc(C(OC2CCN(C)CC2)c2nc3ccccc3s2)c1. The van der Waals surface area contributed by atoms with Crippen LogP contribution in [0.2, 0.25) is 0 Å². The van der Waals surface area contributed by atoms with Gasteiger partial charge in [0.2, 0.25) is 0 Å². The van der Waals surface area contributed by atoms with Gasteiger partial charge in [0.25, 0.3) is 0 Å². The number of ether oxygens (including phenoxy) is 2. The number of nitrogens with zero attached hydrogens (tertiary/aromatic N) is 2. The molecule has 2 heterocycles. The predicted octanol–water partition coefficient (Wildman–Crippen LogP) is 4.90. The fraction of sp³-hybridized carbons (Fsp3) is 0.409. The van der Waals surface area contributed by atoms with Crippen LogP contribution in [-0.4, -0.2) is 42.7 Å². The molecule has 0 amide bonds. The summed E-state index contributed by atoms with van der Waals surface area (Å²) in [5.41, 5.74) is 2.15. The Kier molecular flexibility index (Phi) is 5.72. The van der Waals surface area contributed by atoms with Crippen LogP contribution in [-0.2, 0) is 4.74 Å². The summed E-state index contributed by atoms with van der Waals surface area (Å²) in [5, 5.41) is 1.02. The molecule has 4 rings (SSSR count). The van der Waals surface area contributed by atoms with E-state index in [1.54, 1.807) is 11.3 Å². The normalized spacial score (nSPS) is 17.3. The molecule has 0 aliphatic carbocycles. The van der Waals surface area contributed by atoms with Gasteiger partial charge in [0, 0.05) is 13.1 Å². The zero-order valence-corrected chi connectivity index (χ0v) is 16.7. The van der Waals surface area contributed by atoms with Crippen LogP contribution in [0.3, 0.4) is 0 Å². The van der Waals surface area contributed by atoms with Gasteiger partial charge in [-0.1, -0.05) is 24.3 Å². The highest BCUT2D eigenvalue weighted by atomic mass is 32.1. The first-order valence-electron chi connectivity index (χ1n) is 9.65. The lowest BCUT2D eigenvalue weighted by Gasteiger charge is -2.31. The van der Waals surface area contributed by atoms with Gasteiger partial charge in [0.15, 0.2) is 0 Å². The van der Waals surface area contributed by atoms with Crippen LogP contribution in [0.25, 0.3) is 10.2 Å². The third-order valence-electron chi connectivity index (χ3n) is 5.00. The Labute approximate surface area is 164 Å². The van der Waals surface area contributed by atoms with Crippen LogP contribution < -0.4 is 4.74 Å². The van der Waals surface area contributed by atoms with Crippen molar-refractivity contribution in [1.29, 1.82) is 0 Å². The summed E-state index contributed by atoms with van der Waals surface area (Å²) in [5.74, 6) is 0.882. The second-order valence-electron chi connectivity index (χ2n) is 7.04. The highest BCUT2D eigenvalue weighted by Crippen LogP contribution is 2.36. The van der Waals surface area contributed by atoms with E-state index in [0.29, 0.717) is 6.61 Å². The van der Waals surface area contributed by atoms with E-state index in [1.165, 1.54) is 4.70 Å². The second kappa shape index (κ2) is 8.38. The van der Waals surface area contributed by atoms with Crippen molar-refractivity contribution in [2.75, 3.05) is 26.7 Å². The lowest BCUT2D eigenvalue weighted by atomic mass is 10.1. The third-order valence-corrected chi connectivity index (χ3v) is 6.08. The topological polar surface area (TPSA) is 34.6 Å². The van der Waals surface area contributed by atoms with Crippen molar-refractivity contribution >= 4 is 21.6 Å². The average molecular weight is 383 g/mol. The maximum Gasteiger partial charge on any atom is 0.135 e. The van der Waals surface area contributed by atoms with E-state index in [2.05, 4.69) is 42.3 Å². The molecule has 1 aliphatic rings. The van der Waals surface area contributed by atoms with Gasteiger partial charge in [0.05, 0.1) is 22.9 Å². The Morgan fingerprint density at radius 2 is 1.96 bits per heavy atom. The first kappa shape index (κ1) is 18.4. The first-order chi connectivity index (χ1) is 13.2. The minimum absolute atomic E-state index is 0.156. The minimum atomic E-state index is -0.156. The van der Waals surface area contributed by atoms with Crippen LogP contribution in [0, 0.1) is 0 Å². The molecule has 1 atom stereocenters. The molecule has 142 valence electrons. The van der Waals surface area contributed by atoms with Gasteiger partial charge in [-0.2, -0.15) is 0 Å². The standard InChI is InChI=1S/C22H26N2O2S/c1-3-25-18-8-6-7-16(15-18)21(26-17-11-13-24(2)14-12-17)22-23-19-9-4-5-10-20(19)27-22/h4-10,15,17,21H,3,11-14H2,1-2H3. The van der Waals surface area contributed by atoms with Gasteiger partial charge < -0.3 is 14.4 Å². The fourth-order valence-electron chi connectivity index (χ4n) is 3.53. The summed E-state index contributed by atoms with van der Waals surface area (Å²) in [6.45, 7) is 4.82. The summed E-state index contributed by atoms with van der Waals surface area (Å²) in [6, 6.07) is 16.5. The number of para-hydroxylation sites is 1. The number of thiazole rings is 1. The van der Waals surface area contributed by atoms with Crippen LogP contribution >= 0.6 is 11.3 Å². The molecule has 1 aromatic heterocycles. The number of benzene rings is 2. The maximum atomic E-state index is 6.64. The summed E-state index contributed by atoms with van der Waals surface area (Å²) < 4.78 is 13.6. The molecule has 27 heavy (non-hydrogen) atoms. The van der Waals surface area contributed by atoms with Crippen LogP contribution in [0.1, 0.15) is 36.4 Å². The van der Waals surface area contributed by atoms with Crippen molar-refractivity contribution in [2.45, 2.75) is 32.0 Å². The quantitative estimate of drug-likeness (QED) is 0.608. The molecule has 2 aromatic carbocycles. The van der Waals surface area contributed by atoms with Crippen molar-refractivity contribution < 1.29 is 9.47 Å². The van der Waals surface area contributed by atoms with Crippen molar-refractivity contribution in [3.8, 4) is 5.75 Å². The van der Waals surface area contributed by atoms with Crippen molar-refractivity contribution in [2.24, 2.45) is 0 Å². The molecule has 1 unspecified atom stereocenters. The van der Waals surface area contributed by atoms with Gasteiger partial charge in [-0.15, -0.1) is 11.3 Å². The number of likely N-dealkylation sites (tertiary alicyclic amines) is 1. The van der Waals surface area contributed by atoms with Crippen molar-refractivity contribution in [3.05, 3.63) is 59.1 Å². The molecule has 0 radical (unpaired) electrons. The number of fused-ring (bicyclic) bond motifs is 1. The van der Waals surface area contributed by atoms with E-state index in [4.69, 9.17) is 14.5 Å². The van der Waals surface area contributed by atoms with Crippen LogP contribution in [0.4, 0.5) is 0 Å². The predicted molar refractivity (Wildman–Crippen MR) is 111 cm³/mol. The highest BCUT2D eigenvalue weighted by molar-refractivity contribution is 7.18. The molecule has 4 nitrogen and oxygen atoms in total. The Hall–Kier alpha value is -1.95. The van der Waals surface area contributed by atoms with Gasteiger partial charge in [0.1, 0.15) is 16.9 Å². The zero-order valence-electron chi connectivity index (χ0n) is 15.9. The van der Waals surface area contributed by atoms with Crippen LogP contribution in [0.5, 0.6) is 5.75 Å². The Balaban J connectivity index is 1.67. The fourth-order valence-corrected chi connectivity index (χ4v) is 4.56. The summed E-state index contributed by atoms with van der Waals surface area (Å²) in [7, 11) is 2.17. The van der Waals surface area contributed by atoms with Crippen LogP contribution in [0.15, 0.2) is 48.5 Å². The highest BCUT2D eigenvalue weighted by Gasteiger charge is 2.26. The molecule has 3 aromatic rings. The number of hydrogen-bond acceptors (Lipinski definition) is 5. The van der Waals surface area contributed by atoms with E-state index in [-0.39, 0.29) is 12.2 Å². The molecule has 0 N–H and O–H groups in total. The number of aromatic nitrogens is 1. The Bertz CT molecular complexity index is 854. The van der Waals surface area contributed by atoms with Gasteiger partial charge in [-0.3, -0.25) is 0 Å². The zero-order chi connectivity index (χ0) is 18.6. The van der Waals surface area contributed by atoms with Gasteiger partial charge >= 0.3 is 0 Å². The van der Waals surface area contributed by atoms with E-state index < -0.39 is 0 Å². The van der Waals surface area contributed by atoms with E-state index in [9.17, 15) is 0 Å². The van der Waals surface area contributed by atoms with Crippen molar-refractivity contribution in [3.63, 3.8) is 0 Å².